The van der Waals surface area contributed by atoms with Crippen LogP contribution in [0.25, 0.3) is 16.5 Å². The van der Waals surface area contributed by atoms with Gasteiger partial charge in [-0.3, -0.25) is 9.59 Å². The van der Waals surface area contributed by atoms with Gasteiger partial charge in [0.2, 0.25) is 0 Å². The van der Waals surface area contributed by atoms with Crippen LogP contribution in [0.1, 0.15) is 28.9 Å². The van der Waals surface area contributed by atoms with E-state index in [1.54, 1.807) is 53.4 Å². The summed E-state index contributed by atoms with van der Waals surface area (Å²) in [4.78, 5) is 40.6. The van der Waals surface area contributed by atoms with Crippen LogP contribution < -0.4 is 5.56 Å². The summed E-state index contributed by atoms with van der Waals surface area (Å²) < 4.78 is 6.59. The lowest BCUT2D eigenvalue weighted by Gasteiger charge is -2.32. The van der Waals surface area contributed by atoms with Crippen LogP contribution in [0.5, 0.6) is 0 Å². The molecule has 7 nitrogen and oxygen atoms in total. The van der Waals surface area contributed by atoms with E-state index in [0.717, 1.165) is 19.3 Å². The van der Waals surface area contributed by atoms with E-state index in [1.807, 2.05) is 24.3 Å². The van der Waals surface area contributed by atoms with Gasteiger partial charge in [0.1, 0.15) is 0 Å². The molecule has 36 heavy (non-hydrogen) atoms. The molecule has 0 unspecified atom stereocenters. The van der Waals surface area contributed by atoms with E-state index >= 15 is 0 Å². The summed E-state index contributed by atoms with van der Waals surface area (Å²) in [6.07, 6.45) is 2.85. The summed E-state index contributed by atoms with van der Waals surface area (Å²) >= 11 is 0. The molecule has 0 atom stereocenters. The molecular formula is C29H27N3O4. The molecule has 1 fully saturated rings. The number of para-hydroxylation sites is 1. The van der Waals surface area contributed by atoms with Crippen LogP contribution in [0.3, 0.4) is 0 Å². The van der Waals surface area contributed by atoms with Crippen LogP contribution >= 0.6 is 0 Å². The molecule has 4 aromatic rings. The number of carbonyl (C=O) groups is 2. The molecule has 5 rings (SSSR count). The standard InChI is InChI=1S/C29H27N3O4/c33-26(31-17-15-22(16-18-31)19-21-9-3-1-4-10-21)20-36-29(35)27-24-13-7-8-14-25(24)28(34)32(30-27)23-11-5-2-6-12-23/h1-14,22H,15-20H2. The van der Waals surface area contributed by atoms with Crippen LogP contribution in [-0.2, 0) is 16.0 Å². The molecule has 7 heteroatoms. The molecular weight excluding hydrogens is 454 g/mol. The van der Waals surface area contributed by atoms with Gasteiger partial charge < -0.3 is 9.64 Å². The van der Waals surface area contributed by atoms with Crippen molar-refractivity contribution in [2.24, 2.45) is 5.92 Å². The van der Waals surface area contributed by atoms with E-state index in [1.165, 1.54) is 10.2 Å². The van der Waals surface area contributed by atoms with Gasteiger partial charge in [-0.2, -0.15) is 9.78 Å². The third kappa shape index (κ3) is 5.05. The number of carbonyl (C=O) groups excluding carboxylic acids is 2. The van der Waals surface area contributed by atoms with E-state index in [9.17, 15) is 14.4 Å². The first-order chi connectivity index (χ1) is 17.6. The monoisotopic (exact) mass is 481 g/mol. The zero-order valence-electron chi connectivity index (χ0n) is 19.9. The lowest BCUT2D eigenvalue weighted by atomic mass is 9.90. The summed E-state index contributed by atoms with van der Waals surface area (Å²) in [5.41, 5.74) is 1.52. The van der Waals surface area contributed by atoms with E-state index in [-0.39, 0.29) is 23.8 Å². The fraction of sp³-hybridized carbons (Fsp3) is 0.241. The molecule has 3 aromatic carbocycles. The van der Waals surface area contributed by atoms with Crippen molar-refractivity contribution in [3.05, 3.63) is 107 Å². The Bertz CT molecular complexity index is 1430. The van der Waals surface area contributed by atoms with Crippen LogP contribution in [0.2, 0.25) is 0 Å². The number of aromatic nitrogens is 2. The van der Waals surface area contributed by atoms with E-state index in [0.29, 0.717) is 35.5 Å². The van der Waals surface area contributed by atoms with Gasteiger partial charge >= 0.3 is 5.97 Å². The highest BCUT2D eigenvalue weighted by Crippen LogP contribution is 2.22. The summed E-state index contributed by atoms with van der Waals surface area (Å²) in [7, 11) is 0. The van der Waals surface area contributed by atoms with Crippen molar-refractivity contribution in [3.63, 3.8) is 0 Å². The van der Waals surface area contributed by atoms with Crippen LogP contribution in [0.4, 0.5) is 0 Å². The average molecular weight is 482 g/mol. The van der Waals surface area contributed by atoms with Crippen LogP contribution in [-0.4, -0.2) is 46.3 Å². The number of hydrogen-bond acceptors (Lipinski definition) is 5. The first kappa shape index (κ1) is 23.5. The molecule has 0 aliphatic carbocycles. The van der Waals surface area contributed by atoms with Crippen molar-refractivity contribution < 1.29 is 14.3 Å². The number of hydrogen-bond donors (Lipinski definition) is 0. The minimum absolute atomic E-state index is 0.00317. The lowest BCUT2D eigenvalue weighted by Crippen LogP contribution is -2.41. The maximum atomic E-state index is 13.0. The van der Waals surface area contributed by atoms with Gasteiger partial charge in [-0.25, -0.2) is 4.79 Å². The molecule has 0 N–H and O–H groups in total. The Morgan fingerprint density at radius 3 is 2.14 bits per heavy atom. The van der Waals surface area contributed by atoms with E-state index in [4.69, 9.17) is 4.74 Å². The largest absolute Gasteiger partial charge is 0.451 e. The third-order valence-corrected chi connectivity index (χ3v) is 6.66. The van der Waals surface area contributed by atoms with E-state index < -0.39 is 5.97 Å². The number of nitrogens with zero attached hydrogens (tertiary/aromatic N) is 3. The van der Waals surface area contributed by atoms with Gasteiger partial charge in [0.15, 0.2) is 12.3 Å². The predicted octanol–water partition coefficient (Wildman–Crippen LogP) is 4.02. The maximum absolute atomic E-state index is 13.0. The second-order valence-corrected chi connectivity index (χ2v) is 9.04. The van der Waals surface area contributed by atoms with Crippen molar-refractivity contribution in [2.45, 2.75) is 19.3 Å². The number of piperidine rings is 1. The second-order valence-electron chi connectivity index (χ2n) is 9.04. The number of esters is 1. The highest BCUT2D eigenvalue weighted by molar-refractivity contribution is 6.02. The van der Waals surface area contributed by atoms with E-state index in [2.05, 4.69) is 17.2 Å². The Kier molecular flexibility index (Phi) is 6.89. The van der Waals surface area contributed by atoms with Gasteiger partial charge in [-0.05, 0) is 48.9 Å². The smallest absolute Gasteiger partial charge is 0.359 e. The molecule has 2 heterocycles. The molecule has 1 aliphatic rings. The zero-order valence-corrected chi connectivity index (χ0v) is 19.9. The number of benzene rings is 3. The zero-order chi connectivity index (χ0) is 24.9. The van der Waals surface area contributed by atoms with Crippen molar-refractivity contribution in [1.82, 2.24) is 14.7 Å². The number of amides is 1. The average Bonchev–Trinajstić information content (AvgIpc) is 2.93. The Labute approximate surface area is 208 Å². The summed E-state index contributed by atoms with van der Waals surface area (Å²) in [5.74, 6) is -0.418. The Morgan fingerprint density at radius 2 is 1.44 bits per heavy atom. The highest BCUT2D eigenvalue weighted by Gasteiger charge is 2.25. The minimum Gasteiger partial charge on any atom is -0.451 e. The topological polar surface area (TPSA) is 81.5 Å². The second kappa shape index (κ2) is 10.6. The molecule has 1 amide bonds. The molecule has 0 spiro atoms. The molecule has 1 aromatic heterocycles. The quantitative estimate of drug-likeness (QED) is 0.389. The molecule has 1 saturated heterocycles. The summed E-state index contributed by atoms with van der Waals surface area (Å²) in [5, 5.41) is 5.07. The maximum Gasteiger partial charge on any atom is 0.359 e. The molecule has 182 valence electrons. The molecule has 0 radical (unpaired) electrons. The summed E-state index contributed by atoms with van der Waals surface area (Å²) in [6.45, 7) is 0.935. The molecule has 0 saturated carbocycles. The first-order valence-corrected chi connectivity index (χ1v) is 12.2. The number of ether oxygens (including phenoxy) is 1. The number of rotatable bonds is 6. The van der Waals surface area contributed by atoms with Gasteiger partial charge in [0, 0.05) is 18.5 Å². The van der Waals surface area contributed by atoms with Crippen molar-refractivity contribution in [3.8, 4) is 5.69 Å². The number of fused-ring (bicyclic) bond motifs is 1. The lowest BCUT2D eigenvalue weighted by molar-refractivity contribution is -0.135. The SMILES string of the molecule is O=C(OCC(=O)N1CCC(Cc2ccccc2)CC1)c1nn(-c2ccccc2)c(=O)c2ccccc12. The summed E-state index contributed by atoms with van der Waals surface area (Å²) in [6, 6.07) is 26.1. The minimum atomic E-state index is -0.733. The Hall–Kier alpha value is -4.26. The third-order valence-electron chi connectivity index (χ3n) is 6.66. The fourth-order valence-corrected chi connectivity index (χ4v) is 4.71. The fourth-order valence-electron chi connectivity index (χ4n) is 4.71. The van der Waals surface area contributed by atoms with Gasteiger partial charge in [-0.1, -0.05) is 66.7 Å². The Balaban J connectivity index is 1.26. The van der Waals surface area contributed by atoms with Crippen molar-refractivity contribution in [1.29, 1.82) is 0 Å². The van der Waals surface area contributed by atoms with Crippen molar-refractivity contribution >= 4 is 22.6 Å². The van der Waals surface area contributed by atoms with Crippen molar-refractivity contribution in [2.75, 3.05) is 19.7 Å². The van der Waals surface area contributed by atoms with Crippen LogP contribution in [0, 0.1) is 5.92 Å². The van der Waals surface area contributed by atoms with Gasteiger partial charge in [-0.15, -0.1) is 0 Å². The van der Waals surface area contributed by atoms with Gasteiger partial charge in [0.25, 0.3) is 11.5 Å². The number of likely N-dealkylation sites (tertiary alicyclic amines) is 1. The molecule has 1 aliphatic heterocycles. The normalized spacial score (nSPS) is 14.1. The van der Waals surface area contributed by atoms with Crippen LogP contribution in [0.15, 0.2) is 89.7 Å². The Morgan fingerprint density at radius 1 is 0.833 bits per heavy atom. The predicted molar refractivity (Wildman–Crippen MR) is 137 cm³/mol. The van der Waals surface area contributed by atoms with Gasteiger partial charge in [0.05, 0.1) is 11.1 Å². The highest BCUT2D eigenvalue weighted by atomic mass is 16.5. The first-order valence-electron chi connectivity index (χ1n) is 12.2. The molecule has 0 bridgehead atoms.